The molecular formula is C14H22N4O4. The van der Waals surface area contributed by atoms with E-state index in [1.165, 1.54) is 0 Å². The third kappa shape index (κ3) is 3.62. The molecule has 0 aliphatic carbocycles. The van der Waals surface area contributed by atoms with Crippen molar-refractivity contribution in [2.45, 2.75) is 38.7 Å². The van der Waals surface area contributed by atoms with E-state index in [4.69, 9.17) is 9.26 Å². The Morgan fingerprint density at radius 1 is 1.45 bits per heavy atom. The summed E-state index contributed by atoms with van der Waals surface area (Å²) in [4.78, 5) is 30.0. The second-order valence-corrected chi connectivity index (χ2v) is 5.43. The van der Waals surface area contributed by atoms with Gasteiger partial charge in [-0.25, -0.2) is 0 Å². The molecule has 1 aliphatic rings. The van der Waals surface area contributed by atoms with Crippen LogP contribution in [0.3, 0.4) is 0 Å². The normalized spacial score (nSPS) is 21.7. The number of nitrogens with one attached hydrogen (secondary N) is 1. The van der Waals surface area contributed by atoms with Crippen molar-refractivity contribution in [3.05, 3.63) is 11.7 Å². The van der Waals surface area contributed by atoms with E-state index in [1.807, 2.05) is 6.92 Å². The number of carbonyl (C=O) groups excluding carboxylic acids is 2. The minimum Gasteiger partial charge on any atom is -0.362 e. The molecule has 0 aromatic carbocycles. The monoisotopic (exact) mass is 310 g/mol. The highest BCUT2D eigenvalue weighted by Crippen LogP contribution is 2.19. The van der Waals surface area contributed by atoms with Crippen LogP contribution in [0.25, 0.3) is 0 Å². The fourth-order valence-corrected chi connectivity index (χ4v) is 2.39. The third-order valence-electron chi connectivity index (χ3n) is 3.71. The first kappa shape index (κ1) is 16.4. The van der Waals surface area contributed by atoms with Gasteiger partial charge in [-0.05, 0) is 6.92 Å². The lowest BCUT2D eigenvalue weighted by Crippen LogP contribution is -2.58. The summed E-state index contributed by atoms with van der Waals surface area (Å²) < 4.78 is 10.6. The number of likely N-dealkylation sites (N-methyl/N-ethyl adjacent to an activating group) is 1. The van der Waals surface area contributed by atoms with Gasteiger partial charge in [0, 0.05) is 32.9 Å². The molecule has 122 valence electrons. The molecular weight excluding hydrogens is 288 g/mol. The van der Waals surface area contributed by atoms with Crippen LogP contribution in [0, 0.1) is 0 Å². The van der Waals surface area contributed by atoms with Gasteiger partial charge in [0.15, 0.2) is 11.4 Å². The molecule has 0 spiro atoms. The number of aryl methyl sites for hydroxylation is 2. The average molecular weight is 310 g/mol. The topological polar surface area (TPSA) is 97.6 Å². The third-order valence-corrected chi connectivity index (χ3v) is 3.71. The Hall–Kier alpha value is -1.96. The zero-order valence-electron chi connectivity index (χ0n) is 13.2. The van der Waals surface area contributed by atoms with Crippen molar-refractivity contribution >= 4 is 11.8 Å². The molecule has 1 atom stereocenters. The largest absolute Gasteiger partial charge is 0.362 e. The second-order valence-electron chi connectivity index (χ2n) is 5.43. The molecule has 1 aliphatic heterocycles. The highest BCUT2D eigenvalue weighted by Gasteiger charge is 2.40. The Kier molecular flexibility index (Phi) is 5.12. The van der Waals surface area contributed by atoms with Crippen LogP contribution in [-0.2, 0) is 27.2 Å². The van der Waals surface area contributed by atoms with Crippen LogP contribution in [0.2, 0.25) is 0 Å². The SMILES string of the molecule is CCc1noc(CCC(=O)N2CCO[C@@](C)(C(=O)NC)C2)n1. The molecule has 8 nitrogen and oxygen atoms in total. The lowest BCUT2D eigenvalue weighted by atomic mass is 10.0. The summed E-state index contributed by atoms with van der Waals surface area (Å²) in [7, 11) is 1.55. The first-order valence-corrected chi connectivity index (χ1v) is 7.44. The summed E-state index contributed by atoms with van der Waals surface area (Å²) in [5.41, 5.74) is -0.997. The molecule has 0 saturated carbocycles. The van der Waals surface area contributed by atoms with Gasteiger partial charge >= 0.3 is 0 Å². The lowest BCUT2D eigenvalue weighted by molar-refractivity contribution is -0.162. The quantitative estimate of drug-likeness (QED) is 0.817. The zero-order chi connectivity index (χ0) is 16.2. The van der Waals surface area contributed by atoms with Crippen molar-refractivity contribution in [2.24, 2.45) is 0 Å². The number of nitrogens with zero attached hydrogens (tertiary/aromatic N) is 3. The summed E-state index contributed by atoms with van der Waals surface area (Å²) in [6.45, 7) is 4.70. The van der Waals surface area contributed by atoms with Crippen molar-refractivity contribution in [1.82, 2.24) is 20.4 Å². The van der Waals surface area contributed by atoms with Gasteiger partial charge in [0.25, 0.3) is 5.91 Å². The Morgan fingerprint density at radius 3 is 2.86 bits per heavy atom. The van der Waals surface area contributed by atoms with Crippen LogP contribution < -0.4 is 5.32 Å². The van der Waals surface area contributed by atoms with E-state index in [1.54, 1.807) is 18.9 Å². The number of rotatable bonds is 5. The Bertz CT molecular complexity index is 545. The molecule has 1 N–H and O–H groups in total. The van der Waals surface area contributed by atoms with Gasteiger partial charge in [0.1, 0.15) is 0 Å². The predicted molar refractivity (Wildman–Crippen MR) is 77.0 cm³/mol. The van der Waals surface area contributed by atoms with Crippen LogP contribution in [0.5, 0.6) is 0 Å². The molecule has 2 amide bonds. The number of hydrogen-bond acceptors (Lipinski definition) is 6. The number of amides is 2. The number of aromatic nitrogens is 2. The van der Waals surface area contributed by atoms with Crippen LogP contribution in [-0.4, -0.2) is 59.2 Å². The van der Waals surface area contributed by atoms with Gasteiger partial charge in [-0.1, -0.05) is 12.1 Å². The number of ether oxygens (including phenoxy) is 1. The van der Waals surface area contributed by atoms with E-state index >= 15 is 0 Å². The van der Waals surface area contributed by atoms with Gasteiger partial charge in [-0.2, -0.15) is 4.98 Å². The molecule has 8 heteroatoms. The Morgan fingerprint density at radius 2 is 2.23 bits per heavy atom. The number of carbonyl (C=O) groups is 2. The van der Waals surface area contributed by atoms with E-state index in [2.05, 4.69) is 15.5 Å². The minimum atomic E-state index is -0.997. The molecule has 1 fully saturated rings. The van der Waals surface area contributed by atoms with Crippen molar-refractivity contribution in [2.75, 3.05) is 26.7 Å². The fraction of sp³-hybridized carbons (Fsp3) is 0.714. The maximum absolute atomic E-state index is 12.3. The predicted octanol–water partition coefficient (Wildman–Crippen LogP) is -0.0719. The lowest BCUT2D eigenvalue weighted by Gasteiger charge is -2.39. The van der Waals surface area contributed by atoms with Gasteiger partial charge in [-0.3, -0.25) is 9.59 Å². The van der Waals surface area contributed by atoms with Crippen molar-refractivity contribution in [3.8, 4) is 0 Å². The molecule has 1 aromatic rings. The molecule has 0 unspecified atom stereocenters. The van der Waals surface area contributed by atoms with Gasteiger partial charge < -0.3 is 19.5 Å². The van der Waals surface area contributed by atoms with Crippen LogP contribution in [0.15, 0.2) is 4.52 Å². The molecule has 1 saturated heterocycles. The molecule has 2 rings (SSSR count). The second kappa shape index (κ2) is 6.87. The van der Waals surface area contributed by atoms with E-state index < -0.39 is 5.60 Å². The van der Waals surface area contributed by atoms with Gasteiger partial charge in [-0.15, -0.1) is 0 Å². The standard InChI is InChI=1S/C14H22N4O4/c1-4-10-16-11(22-17-10)5-6-12(19)18-7-8-21-14(2,9-18)13(20)15-3/h4-9H2,1-3H3,(H,15,20)/t14-/m1/s1. The first-order chi connectivity index (χ1) is 10.5. The van der Waals surface area contributed by atoms with E-state index in [0.717, 1.165) is 0 Å². The van der Waals surface area contributed by atoms with E-state index in [-0.39, 0.29) is 24.8 Å². The highest BCUT2D eigenvalue weighted by atomic mass is 16.5. The summed E-state index contributed by atoms with van der Waals surface area (Å²) in [6, 6.07) is 0. The number of hydrogen-bond donors (Lipinski definition) is 1. The fourth-order valence-electron chi connectivity index (χ4n) is 2.39. The van der Waals surface area contributed by atoms with Crippen molar-refractivity contribution < 1.29 is 18.8 Å². The Balaban J connectivity index is 1.90. The van der Waals surface area contributed by atoms with Crippen LogP contribution in [0.4, 0.5) is 0 Å². The first-order valence-electron chi connectivity index (χ1n) is 7.44. The summed E-state index contributed by atoms with van der Waals surface area (Å²) in [6.07, 6.45) is 1.38. The molecule has 0 radical (unpaired) electrons. The number of morpholine rings is 1. The molecule has 1 aromatic heterocycles. The van der Waals surface area contributed by atoms with Gasteiger partial charge in [0.2, 0.25) is 11.8 Å². The summed E-state index contributed by atoms with van der Waals surface area (Å²) >= 11 is 0. The maximum Gasteiger partial charge on any atom is 0.253 e. The van der Waals surface area contributed by atoms with E-state index in [0.29, 0.717) is 37.7 Å². The van der Waals surface area contributed by atoms with Crippen molar-refractivity contribution in [1.29, 1.82) is 0 Å². The minimum absolute atomic E-state index is 0.0466. The molecule has 2 heterocycles. The molecule has 0 bridgehead atoms. The summed E-state index contributed by atoms with van der Waals surface area (Å²) in [5.74, 6) is 0.831. The van der Waals surface area contributed by atoms with Crippen LogP contribution in [0.1, 0.15) is 32.0 Å². The smallest absolute Gasteiger partial charge is 0.253 e. The average Bonchev–Trinajstić information content (AvgIpc) is 2.99. The zero-order valence-corrected chi connectivity index (χ0v) is 13.2. The summed E-state index contributed by atoms with van der Waals surface area (Å²) in [5, 5.41) is 6.37. The van der Waals surface area contributed by atoms with Gasteiger partial charge in [0.05, 0.1) is 13.2 Å². The van der Waals surface area contributed by atoms with E-state index in [9.17, 15) is 9.59 Å². The Labute approximate surface area is 129 Å². The molecule has 22 heavy (non-hydrogen) atoms. The highest BCUT2D eigenvalue weighted by molar-refractivity contribution is 5.86. The van der Waals surface area contributed by atoms with Crippen LogP contribution >= 0.6 is 0 Å². The van der Waals surface area contributed by atoms with Crippen molar-refractivity contribution in [3.63, 3.8) is 0 Å². The maximum atomic E-state index is 12.3.